The zero-order valence-electron chi connectivity index (χ0n) is 11.7. The lowest BCUT2D eigenvalue weighted by molar-refractivity contribution is 0.123. The number of guanidine groups is 1. The van der Waals surface area contributed by atoms with Gasteiger partial charge in [0, 0.05) is 18.5 Å². The van der Waals surface area contributed by atoms with Crippen molar-refractivity contribution in [3.8, 4) is 0 Å². The van der Waals surface area contributed by atoms with E-state index in [2.05, 4.69) is 23.7 Å². The Morgan fingerprint density at radius 2 is 1.78 bits per heavy atom. The van der Waals surface area contributed by atoms with Crippen molar-refractivity contribution < 1.29 is 5.11 Å². The van der Waals surface area contributed by atoms with Gasteiger partial charge in [-0.3, -0.25) is 4.99 Å². The van der Waals surface area contributed by atoms with Crippen molar-refractivity contribution in [3.63, 3.8) is 0 Å². The van der Waals surface area contributed by atoms with E-state index in [9.17, 15) is 5.11 Å². The molecule has 0 aromatic rings. The Kier molecular flexibility index (Phi) is 8.94. The predicted molar refractivity (Wildman–Crippen MR) is 87.4 cm³/mol. The van der Waals surface area contributed by atoms with Crippen LogP contribution in [0.2, 0.25) is 0 Å². The number of nitrogens with two attached hydrogens (primary N) is 1. The minimum Gasteiger partial charge on any atom is -0.396 e. The second-order valence-electron chi connectivity index (χ2n) is 5.09. The fraction of sp³-hybridized carbons (Fsp3) is 0.923. The van der Waals surface area contributed by atoms with Gasteiger partial charge in [0.1, 0.15) is 0 Å². The minimum absolute atomic E-state index is 0. The number of aliphatic hydroxyl groups is 1. The molecule has 0 atom stereocenters. The fourth-order valence-electron chi connectivity index (χ4n) is 2.22. The van der Waals surface area contributed by atoms with E-state index in [4.69, 9.17) is 5.73 Å². The van der Waals surface area contributed by atoms with Crippen LogP contribution in [-0.2, 0) is 0 Å². The molecule has 18 heavy (non-hydrogen) atoms. The van der Waals surface area contributed by atoms with Crippen molar-refractivity contribution in [2.24, 2.45) is 16.1 Å². The average molecular weight is 369 g/mol. The van der Waals surface area contributed by atoms with E-state index in [1.54, 1.807) is 0 Å². The summed E-state index contributed by atoms with van der Waals surface area (Å²) in [5.41, 5.74) is 5.93. The summed E-state index contributed by atoms with van der Waals surface area (Å²) in [5, 5.41) is 9.48. The second-order valence-corrected chi connectivity index (χ2v) is 5.09. The molecule has 0 radical (unpaired) electrons. The minimum atomic E-state index is -0.0829. The number of hydrogen-bond acceptors (Lipinski definition) is 2. The first-order valence-corrected chi connectivity index (χ1v) is 6.83. The summed E-state index contributed by atoms with van der Waals surface area (Å²) in [5.74, 6) is 0.657. The molecule has 108 valence electrons. The van der Waals surface area contributed by atoms with Gasteiger partial charge in [-0.15, -0.1) is 24.0 Å². The number of aliphatic hydroxyl groups excluding tert-OH is 1. The first-order chi connectivity index (χ1) is 8.17. The Balaban J connectivity index is 0.00000289. The van der Waals surface area contributed by atoms with Crippen LogP contribution in [0.5, 0.6) is 0 Å². The lowest BCUT2D eigenvalue weighted by Gasteiger charge is -2.30. The van der Waals surface area contributed by atoms with Gasteiger partial charge in [0.2, 0.25) is 0 Å². The number of aliphatic imine (C=N–C) groups is 1. The molecule has 1 aliphatic heterocycles. The van der Waals surface area contributed by atoms with Crippen molar-refractivity contribution in [2.45, 2.75) is 46.0 Å². The van der Waals surface area contributed by atoms with E-state index >= 15 is 0 Å². The van der Waals surface area contributed by atoms with Crippen LogP contribution in [0.4, 0.5) is 0 Å². The maximum Gasteiger partial charge on any atom is 0.191 e. The van der Waals surface area contributed by atoms with Crippen LogP contribution in [0.25, 0.3) is 0 Å². The Labute approximate surface area is 128 Å². The Bertz CT molecular complexity index is 240. The molecule has 0 amide bonds. The number of rotatable bonds is 5. The predicted octanol–water partition coefficient (Wildman–Crippen LogP) is 2.20. The summed E-state index contributed by atoms with van der Waals surface area (Å²) < 4.78 is 0. The van der Waals surface area contributed by atoms with E-state index in [0.717, 1.165) is 25.9 Å². The van der Waals surface area contributed by atoms with E-state index in [1.165, 1.54) is 19.3 Å². The molecule has 3 N–H and O–H groups in total. The molecule has 0 bridgehead atoms. The van der Waals surface area contributed by atoms with Crippen LogP contribution < -0.4 is 5.73 Å². The summed E-state index contributed by atoms with van der Waals surface area (Å²) in [7, 11) is 0. The third kappa shape index (κ3) is 4.91. The van der Waals surface area contributed by atoms with Gasteiger partial charge >= 0.3 is 0 Å². The molecule has 0 spiro atoms. The molecule has 0 aliphatic carbocycles. The van der Waals surface area contributed by atoms with Crippen LogP contribution in [0, 0.1) is 5.41 Å². The number of nitrogens with zero attached hydrogens (tertiary/aromatic N) is 2. The topological polar surface area (TPSA) is 61.9 Å². The van der Waals surface area contributed by atoms with E-state index < -0.39 is 0 Å². The maximum absolute atomic E-state index is 9.48. The van der Waals surface area contributed by atoms with Gasteiger partial charge in [-0.25, -0.2) is 0 Å². The molecule has 4 nitrogen and oxygen atoms in total. The number of likely N-dealkylation sites (tertiary alicyclic amines) is 1. The van der Waals surface area contributed by atoms with E-state index in [1.807, 2.05) is 0 Å². The highest BCUT2D eigenvalue weighted by molar-refractivity contribution is 14.0. The van der Waals surface area contributed by atoms with Crippen LogP contribution in [0.3, 0.4) is 0 Å². The standard InChI is InChI=1S/C13H27N3O.HI/c1-3-13(4-2,11-17)10-15-12(14)16-8-6-5-7-9-16;/h17H,3-11H2,1-2H3,(H2,14,15);1H. The van der Waals surface area contributed by atoms with Crippen molar-refractivity contribution in [1.82, 2.24) is 4.90 Å². The molecular weight excluding hydrogens is 341 g/mol. The second kappa shape index (κ2) is 8.96. The zero-order chi connectivity index (χ0) is 12.7. The molecule has 5 heteroatoms. The van der Waals surface area contributed by atoms with Crippen molar-refractivity contribution >= 4 is 29.9 Å². The molecule has 1 saturated heterocycles. The summed E-state index contributed by atoms with van der Waals surface area (Å²) in [6.07, 6.45) is 5.60. The number of piperidine rings is 1. The maximum atomic E-state index is 9.48. The normalized spacial score (nSPS) is 17.5. The third-order valence-corrected chi connectivity index (χ3v) is 4.09. The van der Waals surface area contributed by atoms with Gasteiger partial charge < -0.3 is 15.7 Å². The highest BCUT2D eigenvalue weighted by atomic mass is 127. The van der Waals surface area contributed by atoms with Gasteiger partial charge in [-0.05, 0) is 32.1 Å². The lowest BCUT2D eigenvalue weighted by Crippen LogP contribution is -2.41. The van der Waals surface area contributed by atoms with E-state index in [-0.39, 0.29) is 36.0 Å². The summed E-state index contributed by atoms with van der Waals surface area (Å²) >= 11 is 0. The van der Waals surface area contributed by atoms with Crippen molar-refractivity contribution in [1.29, 1.82) is 0 Å². The Morgan fingerprint density at radius 1 is 1.22 bits per heavy atom. The monoisotopic (exact) mass is 369 g/mol. The molecule has 1 fully saturated rings. The lowest BCUT2D eigenvalue weighted by atomic mass is 9.83. The molecular formula is C13H28IN3O. The molecule has 0 saturated carbocycles. The highest BCUT2D eigenvalue weighted by Crippen LogP contribution is 2.25. The van der Waals surface area contributed by atoms with Crippen LogP contribution in [-0.4, -0.2) is 42.2 Å². The average Bonchev–Trinajstić information content (AvgIpc) is 2.41. The van der Waals surface area contributed by atoms with Gasteiger partial charge in [0.25, 0.3) is 0 Å². The first-order valence-electron chi connectivity index (χ1n) is 6.83. The van der Waals surface area contributed by atoms with Crippen LogP contribution in [0.1, 0.15) is 46.0 Å². The van der Waals surface area contributed by atoms with Crippen molar-refractivity contribution in [3.05, 3.63) is 0 Å². The third-order valence-electron chi connectivity index (χ3n) is 4.09. The largest absolute Gasteiger partial charge is 0.396 e. The van der Waals surface area contributed by atoms with Gasteiger partial charge in [0.15, 0.2) is 5.96 Å². The number of halogens is 1. The van der Waals surface area contributed by atoms with E-state index in [0.29, 0.717) is 12.5 Å². The number of hydrogen-bond donors (Lipinski definition) is 2. The van der Waals surface area contributed by atoms with Gasteiger partial charge in [-0.1, -0.05) is 13.8 Å². The van der Waals surface area contributed by atoms with Crippen LogP contribution >= 0.6 is 24.0 Å². The Hall–Kier alpha value is -0.0400. The molecule has 1 aliphatic rings. The van der Waals surface area contributed by atoms with Gasteiger partial charge in [0.05, 0.1) is 13.2 Å². The summed E-state index contributed by atoms with van der Waals surface area (Å²) in [6, 6.07) is 0. The SMILES string of the molecule is CCC(CC)(CO)CN=C(N)N1CCCCC1.I. The highest BCUT2D eigenvalue weighted by Gasteiger charge is 2.25. The van der Waals surface area contributed by atoms with Gasteiger partial charge in [-0.2, -0.15) is 0 Å². The Morgan fingerprint density at radius 3 is 2.22 bits per heavy atom. The zero-order valence-corrected chi connectivity index (χ0v) is 14.0. The molecule has 0 aromatic carbocycles. The molecule has 1 rings (SSSR count). The summed E-state index contributed by atoms with van der Waals surface area (Å²) in [4.78, 5) is 6.66. The fourth-order valence-corrected chi connectivity index (χ4v) is 2.22. The van der Waals surface area contributed by atoms with Crippen molar-refractivity contribution in [2.75, 3.05) is 26.2 Å². The summed E-state index contributed by atoms with van der Waals surface area (Å²) in [6.45, 7) is 7.09. The molecule has 1 heterocycles. The quantitative estimate of drug-likeness (QED) is 0.444. The first kappa shape index (κ1) is 18.0. The molecule has 0 unspecified atom stereocenters. The molecule has 0 aromatic heterocycles. The van der Waals surface area contributed by atoms with Crippen LogP contribution in [0.15, 0.2) is 4.99 Å². The smallest absolute Gasteiger partial charge is 0.191 e.